The fourth-order valence-corrected chi connectivity index (χ4v) is 2.87. The lowest BCUT2D eigenvalue weighted by Gasteiger charge is -2.43. The van der Waals surface area contributed by atoms with Crippen LogP contribution in [0.5, 0.6) is 11.5 Å². The second-order valence-corrected chi connectivity index (χ2v) is 6.23. The molecule has 1 amide bonds. The van der Waals surface area contributed by atoms with Crippen molar-refractivity contribution >= 4 is 5.91 Å². The number of hydrogen-bond acceptors (Lipinski definition) is 5. The quantitative estimate of drug-likeness (QED) is 0.824. The first-order valence-electron chi connectivity index (χ1n) is 8.36. The summed E-state index contributed by atoms with van der Waals surface area (Å²) in [7, 11) is 3.14. The van der Waals surface area contributed by atoms with E-state index in [4.69, 9.17) is 14.2 Å². The van der Waals surface area contributed by atoms with Gasteiger partial charge < -0.3 is 19.5 Å². The summed E-state index contributed by atoms with van der Waals surface area (Å²) in [6, 6.07) is 5.19. The fraction of sp³-hybridized carbons (Fsp3) is 0.611. The summed E-state index contributed by atoms with van der Waals surface area (Å²) in [4.78, 5) is 15.0. The Morgan fingerprint density at radius 1 is 1.21 bits per heavy atom. The van der Waals surface area contributed by atoms with Crippen LogP contribution in [0.4, 0.5) is 0 Å². The molecular formula is C18H28N2O4. The smallest absolute Gasteiger partial charge is 0.251 e. The van der Waals surface area contributed by atoms with Crippen LogP contribution in [0.15, 0.2) is 18.2 Å². The van der Waals surface area contributed by atoms with Crippen molar-refractivity contribution in [1.29, 1.82) is 0 Å². The number of rotatable bonds is 7. The Bertz CT molecular complexity index is 536. The van der Waals surface area contributed by atoms with E-state index in [-0.39, 0.29) is 11.4 Å². The monoisotopic (exact) mass is 336 g/mol. The summed E-state index contributed by atoms with van der Waals surface area (Å²) in [6.45, 7) is 8.20. The highest BCUT2D eigenvalue weighted by Gasteiger charge is 2.31. The molecule has 0 bridgehead atoms. The van der Waals surface area contributed by atoms with Gasteiger partial charge in [0.15, 0.2) is 0 Å². The molecule has 6 heteroatoms. The van der Waals surface area contributed by atoms with E-state index in [2.05, 4.69) is 24.1 Å². The van der Waals surface area contributed by atoms with Crippen molar-refractivity contribution in [2.45, 2.75) is 25.8 Å². The van der Waals surface area contributed by atoms with E-state index < -0.39 is 0 Å². The minimum atomic E-state index is -0.125. The molecule has 0 aliphatic carbocycles. The largest absolute Gasteiger partial charge is 0.497 e. The van der Waals surface area contributed by atoms with Crippen LogP contribution in [0.3, 0.4) is 0 Å². The Morgan fingerprint density at radius 2 is 1.79 bits per heavy atom. The van der Waals surface area contributed by atoms with Crippen LogP contribution in [0, 0.1) is 0 Å². The maximum Gasteiger partial charge on any atom is 0.251 e. The van der Waals surface area contributed by atoms with Gasteiger partial charge in [-0.05, 0) is 25.5 Å². The number of carbonyl (C=O) groups excluding carboxylic acids is 1. The fourth-order valence-electron chi connectivity index (χ4n) is 2.87. The molecule has 0 saturated carbocycles. The van der Waals surface area contributed by atoms with Gasteiger partial charge in [-0.2, -0.15) is 0 Å². The molecule has 1 atom stereocenters. The van der Waals surface area contributed by atoms with Gasteiger partial charge in [-0.25, -0.2) is 0 Å². The Balaban J connectivity index is 2.05. The molecule has 1 heterocycles. The summed E-state index contributed by atoms with van der Waals surface area (Å²) in [6.07, 6.45) is 0.953. The standard InChI is InChI=1S/C18H28N2O4/c1-5-18(2,20-6-8-24-9-7-20)13-19-17(21)14-10-15(22-3)12-16(11-14)23-4/h10-12H,5-9,13H2,1-4H3,(H,19,21). The molecule has 6 nitrogen and oxygen atoms in total. The zero-order chi connectivity index (χ0) is 17.6. The second kappa shape index (κ2) is 8.35. The van der Waals surface area contributed by atoms with Crippen molar-refractivity contribution in [2.75, 3.05) is 47.1 Å². The van der Waals surface area contributed by atoms with Crippen molar-refractivity contribution in [2.24, 2.45) is 0 Å². The lowest BCUT2D eigenvalue weighted by Crippen LogP contribution is -2.56. The van der Waals surface area contributed by atoms with E-state index in [1.54, 1.807) is 32.4 Å². The minimum absolute atomic E-state index is 0.0810. The molecule has 0 aromatic heterocycles. The summed E-state index contributed by atoms with van der Waals surface area (Å²) in [5, 5.41) is 3.06. The molecule has 1 aromatic rings. The van der Waals surface area contributed by atoms with Gasteiger partial charge in [-0.3, -0.25) is 9.69 Å². The first kappa shape index (κ1) is 18.5. The van der Waals surface area contributed by atoms with Gasteiger partial charge in [-0.1, -0.05) is 6.92 Å². The number of methoxy groups -OCH3 is 2. The van der Waals surface area contributed by atoms with Gasteiger partial charge in [-0.15, -0.1) is 0 Å². The van der Waals surface area contributed by atoms with Crippen molar-refractivity contribution < 1.29 is 19.0 Å². The first-order valence-corrected chi connectivity index (χ1v) is 8.36. The third kappa shape index (κ3) is 4.39. The number of morpholine rings is 1. The third-order valence-corrected chi connectivity index (χ3v) is 4.78. The number of amides is 1. The Morgan fingerprint density at radius 3 is 2.29 bits per heavy atom. The maximum atomic E-state index is 12.6. The molecule has 134 valence electrons. The zero-order valence-electron chi connectivity index (χ0n) is 15.1. The molecule has 1 N–H and O–H groups in total. The van der Waals surface area contributed by atoms with Crippen LogP contribution < -0.4 is 14.8 Å². The molecule has 1 aromatic carbocycles. The van der Waals surface area contributed by atoms with Crippen LogP contribution in [0.2, 0.25) is 0 Å². The number of benzene rings is 1. The predicted molar refractivity (Wildman–Crippen MR) is 93.0 cm³/mol. The summed E-state index contributed by atoms with van der Waals surface area (Å²) >= 11 is 0. The predicted octanol–water partition coefficient (Wildman–Crippen LogP) is 1.93. The maximum absolute atomic E-state index is 12.6. The molecule has 1 saturated heterocycles. The van der Waals surface area contributed by atoms with Crippen molar-refractivity contribution in [3.8, 4) is 11.5 Å². The minimum Gasteiger partial charge on any atom is -0.497 e. The van der Waals surface area contributed by atoms with Crippen molar-refractivity contribution in [3.63, 3.8) is 0 Å². The first-order chi connectivity index (χ1) is 11.5. The number of hydrogen-bond donors (Lipinski definition) is 1. The number of nitrogens with one attached hydrogen (secondary N) is 1. The molecule has 2 rings (SSSR count). The van der Waals surface area contributed by atoms with Gasteiger partial charge in [0.25, 0.3) is 5.91 Å². The second-order valence-electron chi connectivity index (χ2n) is 6.23. The van der Waals surface area contributed by atoms with Gasteiger partial charge in [0.05, 0.1) is 27.4 Å². The average molecular weight is 336 g/mol. The summed E-state index contributed by atoms with van der Waals surface area (Å²) in [5.41, 5.74) is 0.453. The molecule has 1 aliphatic heterocycles. The van der Waals surface area contributed by atoms with Crippen LogP contribution in [0.25, 0.3) is 0 Å². The molecule has 1 aliphatic rings. The van der Waals surface area contributed by atoms with Crippen molar-refractivity contribution in [3.05, 3.63) is 23.8 Å². The zero-order valence-corrected chi connectivity index (χ0v) is 15.1. The number of carbonyl (C=O) groups is 1. The normalized spacial score (nSPS) is 17.8. The van der Waals surface area contributed by atoms with Gasteiger partial charge in [0, 0.05) is 36.8 Å². The Labute approximate surface area is 144 Å². The van der Waals surface area contributed by atoms with Gasteiger partial charge in [0.1, 0.15) is 11.5 Å². The Kier molecular flexibility index (Phi) is 6.45. The van der Waals surface area contributed by atoms with E-state index in [0.717, 1.165) is 32.7 Å². The van der Waals surface area contributed by atoms with E-state index in [0.29, 0.717) is 23.6 Å². The van der Waals surface area contributed by atoms with Crippen LogP contribution in [0.1, 0.15) is 30.6 Å². The van der Waals surface area contributed by atoms with Crippen LogP contribution in [-0.4, -0.2) is 63.4 Å². The molecule has 0 spiro atoms. The van der Waals surface area contributed by atoms with E-state index in [9.17, 15) is 4.79 Å². The molecule has 1 unspecified atom stereocenters. The topological polar surface area (TPSA) is 60.0 Å². The number of ether oxygens (including phenoxy) is 3. The van der Waals surface area contributed by atoms with Crippen LogP contribution >= 0.6 is 0 Å². The molecule has 1 fully saturated rings. The molecular weight excluding hydrogens is 308 g/mol. The average Bonchev–Trinajstić information content (AvgIpc) is 2.65. The molecule has 0 radical (unpaired) electrons. The lowest BCUT2D eigenvalue weighted by atomic mass is 9.95. The SMILES string of the molecule is CCC(C)(CNC(=O)c1cc(OC)cc(OC)c1)N1CCOCC1. The summed E-state index contributed by atoms with van der Waals surface area (Å²) in [5.74, 6) is 1.08. The van der Waals surface area contributed by atoms with Gasteiger partial charge in [0.2, 0.25) is 0 Å². The molecule has 24 heavy (non-hydrogen) atoms. The highest BCUT2D eigenvalue weighted by atomic mass is 16.5. The highest BCUT2D eigenvalue weighted by Crippen LogP contribution is 2.23. The van der Waals surface area contributed by atoms with Crippen LogP contribution in [-0.2, 0) is 4.74 Å². The van der Waals surface area contributed by atoms with E-state index >= 15 is 0 Å². The summed E-state index contributed by atoms with van der Waals surface area (Å²) < 4.78 is 15.9. The Hall–Kier alpha value is -1.79. The highest BCUT2D eigenvalue weighted by molar-refractivity contribution is 5.95. The van der Waals surface area contributed by atoms with Crippen molar-refractivity contribution in [1.82, 2.24) is 10.2 Å². The third-order valence-electron chi connectivity index (χ3n) is 4.78. The van der Waals surface area contributed by atoms with Gasteiger partial charge >= 0.3 is 0 Å². The lowest BCUT2D eigenvalue weighted by molar-refractivity contribution is -0.0169. The van der Waals surface area contributed by atoms with E-state index in [1.807, 2.05) is 0 Å². The van der Waals surface area contributed by atoms with E-state index in [1.165, 1.54) is 0 Å². The number of nitrogens with zero attached hydrogens (tertiary/aromatic N) is 1.